The Balaban J connectivity index is 2.04. The van der Waals surface area contributed by atoms with Crippen LogP contribution >= 0.6 is 27.3 Å². The Hall–Kier alpha value is -1.68. The van der Waals surface area contributed by atoms with Crippen LogP contribution in [0.3, 0.4) is 0 Å². The van der Waals surface area contributed by atoms with E-state index < -0.39 is 5.82 Å². The van der Waals surface area contributed by atoms with Crippen molar-refractivity contribution in [3.63, 3.8) is 0 Å². The van der Waals surface area contributed by atoms with Crippen LogP contribution in [-0.2, 0) is 6.54 Å². The molecule has 0 aliphatic carbocycles. The lowest BCUT2D eigenvalue weighted by Gasteiger charge is -2.04. The summed E-state index contributed by atoms with van der Waals surface area (Å²) in [5, 5.41) is 4.68. The van der Waals surface area contributed by atoms with Gasteiger partial charge in [-0.05, 0) is 40.2 Å². The van der Waals surface area contributed by atoms with Gasteiger partial charge in [0.2, 0.25) is 0 Å². The first kappa shape index (κ1) is 15.7. The first-order valence-corrected chi connectivity index (χ1v) is 7.77. The normalized spacial score (nSPS) is 9.86. The van der Waals surface area contributed by atoms with Crippen molar-refractivity contribution in [2.24, 2.45) is 5.73 Å². The van der Waals surface area contributed by atoms with Gasteiger partial charge in [0.25, 0.3) is 5.91 Å². The molecule has 0 aliphatic rings. The molecule has 21 heavy (non-hydrogen) atoms. The topological polar surface area (TPSA) is 55.1 Å². The Kier molecular flexibility index (Phi) is 5.51. The van der Waals surface area contributed by atoms with E-state index in [9.17, 15) is 9.18 Å². The van der Waals surface area contributed by atoms with Crippen LogP contribution < -0.4 is 11.1 Å². The second-order valence-electron chi connectivity index (χ2n) is 4.11. The standard InChI is InChI=1S/C15H12BrFN2OS/c16-12-7-13(21-9-12)8-19-15(20)11-4-3-10(2-1-5-18)14(17)6-11/h3-4,6-7,9H,5,8,18H2,(H,19,20). The zero-order chi connectivity index (χ0) is 15.2. The highest BCUT2D eigenvalue weighted by Gasteiger charge is 2.09. The number of nitrogens with two attached hydrogens (primary N) is 1. The van der Waals surface area contributed by atoms with Crippen molar-refractivity contribution in [3.8, 4) is 11.8 Å². The molecule has 3 nitrogen and oxygen atoms in total. The summed E-state index contributed by atoms with van der Waals surface area (Å²) in [5.41, 5.74) is 5.74. The summed E-state index contributed by atoms with van der Waals surface area (Å²) in [6, 6.07) is 6.13. The molecule has 1 aromatic carbocycles. The van der Waals surface area contributed by atoms with Gasteiger partial charge in [-0.25, -0.2) is 4.39 Å². The van der Waals surface area contributed by atoms with Crippen LogP contribution in [0.25, 0.3) is 0 Å². The van der Waals surface area contributed by atoms with Gasteiger partial charge in [0.05, 0.1) is 18.7 Å². The third-order valence-electron chi connectivity index (χ3n) is 2.60. The second-order valence-corrected chi connectivity index (χ2v) is 6.03. The third-order valence-corrected chi connectivity index (χ3v) is 4.30. The van der Waals surface area contributed by atoms with Crippen molar-refractivity contribution in [2.45, 2.75) is 6.54 Å². The molecule has 0 saturated carbocycles. The van der Waals surface area contributed by atoms with Gasteiger partial charge in [-0.15, -0.1) is 11.3 Å². The fraction of sp³-hybridized carbons (Fsp3) is 0.133. The van der Waals surface area contributed by atoms with Crippen molar-refractivity contribution in [3.05, 3.63) is 55.9 Å². The minimum absolute atomic E-state index is 0.165. The molecule has 1 amide bonds. The minimum atomic E-state index is -0.525. The van der Waals surface area contributed by atoms with Crippen molar-refractivity contribution in [1.29, 1.82) is 0 Å². The summed E-state index contributed by atoms with van der Waals surface area (Å²) in [4.78, 5) is 13.0. The number of carbonyl (C=O) groups is 1. The minimum Gasteiger partial charge on any atom is -0.347 e. The monoisotopic (exact) mass is 366 g/mol. The van der Waals surface area contributed by atoms with Crippen molar-refractivity contribution >= 4 is 33.2 Å². The smallest absolute Gasteiger partial charge is 0.251 e. The van der Waals surface area contributed by atoms with Crippen LogP contribution in [0, 0.1) is 17.7 Å². The average Bonchev–Trinajstić information content (AvgIpc) is 2.89. The van der Waals surface area contributed by atoms with E-state index in [0.717, 1.165) is 9.35 Å². The van der Waals surface area contributed by atoms with E-state index in [1.54, 1.807) is 6.07 Å². The van der Waals surface area contributed by atoms with Crippen molar-refractivity contribution in [2.75, 3.05) is 6.54 Å². The number of nitrogens with one attached hydrogen (secondary N) is 1. The lowest BCUT2D eigenvalue weighted by Crippen LogP contribution is -2.22. The number of amides is 1. The number of halogens is 2. The van der Waals surface area contributed by atoms with E-state index in [0.29, 0.717) is 6.54 Å². The predicted molar refractivity (Wildman–Crippen MR) is 85.5 cm³/mol. The second kappa shape index (κ2) is 7.36. The molecule has 0 atom stereocenters. The van der Waals surface area contributed by atoms with E-state index in [1.165, 1.54) is 23.5 Å². The van der Waals surface area contributed by atoms with E-state index in [4.69, 9.17) is 5.73 Å². The van der Waals surface area contributed by atoms with Gasteiger partial charge in [0.1, 0.15) is 5.82 Å². The maximum atomic E-state index is 13.8. The molecule has 108 valence electrons. The number of rotatable bonds is 3. The van der Waals surface area contributed by atoms with Gasteiger partial charge in [-0.2, -0.15) is 0 Å². The first-order chi connectivity index (χ1) is 10.1. The fourth-order valence-electron chi connectivity index (χ4n) is 1.62. The van der Waals surface area contributed by atoms with E-state index in [2.05, 4.69) is 33.1 Å². The van der Waals surface area contributed by atoms with Gasteiger partial charge in [0.15, 0.2) is 0 Å². The molecule has 0 aliphatic heterocycles. The van der Waals surface area contributed by atoms with Gasteiger partial charge < -0.3 is 11.1 Å². The fourth-order valence-corrected chi connectivity index (χ4v) is 3.01. The molecule has 1 aromatic heterocycles. The summed E-state index contributed by atoms with van der Waals surface area (Å²) in [6.07, 6.45) is 0. The van der Waals surface area contributed by atoms with Crippen LogP contribution in [-0.4, -0.2) is 12.5 Å². The molecule has 0 unspecified atom stereocenters. The van der Waals surface area contributed by atoms with Crippen LogP contribution in [0.1, 0.15) is 20.8 Å². The number of benzene rings is 1. The van der Waals surface area contributed by atoms with Crippen molar-refractivity contribution in [1.82, 2.24) is 5.32 Å². The Morgan fingerprint density at radius 2 is 2.24 bits per heavy atom. The van der Waals surface area contributed by atoms with Gasteiger partial charge in [-0.1, -0.05) is 11.8 Å². The number of hydrogen-bond acceptors (Lipinski definition) is 3. The van der Waals surface area contributed by atoms with E-state index in [-0.39, 0.29) is 23.6 Å². The lowest BCUT2D eigenvalue weighted by molar-refractivity contribution is 0.0951. The molecule has 1 heterocycles. The maximum absolute atomic E-state index is 13.8. The maximum Gasteiger partial charge on any atom is 0.251 e. The Morgan fingerprint density at radius 3 is 2.86 bits per heavy atom. The van der Waals surface area contributed by atoms with Gasteiger partial charge >= 0.3 is 0 Å². The van der Waals surface area contributed by atoms with Crippen LogP contribution in [0.15, 0.2) is 34.1 Å². The highest BCUT2D eigenvalue weighted by atomic mass is 79.9. The van der Waals surface area contributed by atoms with E-state index in [1.807, 2.05) is 11.4 Å². The van der Waals surface area contributed by atoms with Crippen molar-refractivity contribution < 1.29 is 9.18 Å². The quantitative estimate of drug-likeness (QED) is 0.820. The molecule has 0 fully saturated rings. The SMILES string of the molecule is NCC#Cc1ccc(C(=O)NCc2cc(Br)cs2)cc1F. The molecule has 0 spiro atoms. The molecular formula is C15H12BrFN2OS. The molecule has 3 N–H and O–H groups in total. The number of hydrogen-bond donors (Lipinski definition) is 2. The van der Waals surface area contributed by atoms with Crippen LogP contribution in [0.5, 0.6) is 0 Å². The molecule has 2 rings (SSSR count). The average molecular weight is 367 g/mol. The van der Waals surface area contributed by atoms with Gasteiger partial charge in [0, 0.05) is 20.3 Å². The highest BCUT2D eigenvalue weighted by molar-refractivity contribution is 9.10. The first-order valence-electron chi connectivity index (χ1n) is 6.09. The zero-order valence-corrected chi connectivity index (χ0v) is 13.4. The molecular weight excluding hydrogens is 355 g/mol. The van der Waals surface area contributed by atoms with Crippen LogP contribution in [0.2, 0.25) is 0 Å². The van der Waals surface area contributed by atoms with E-state index >= 15 is 0 Å². The molecule has 2 aromatic rings. The van der Waals surface area contributed by atoms with Crippen LogP contribution in [0.4, 0.5) is 4.39 Å². The Bertz CT molecular complexity index is 718. The summed E-state index contributed by atoms with van der Waals surface area (Å²) >= 11 is 4.88. The Labute approximate surface area is 134 Å². The zero-order valence-electron chi connectivity index (χ0n) is 11.0. The third kappa shape index (κ3) is 4.39. The number of carbonyl (C=O) groups excluding carboxylic acids is 1. The summed E-state index contributed by atoms with van der Waals surface area (Å²) in [7, 11) is 0. The molecule has 0 bridgehead atoms. The molecule has 0 saturated heterocycles. The summed E-state index contributed by atoms with van der Waals surface area (Å²) in [6.45, 7) is 0.573. The highest BCUT2D eigenvalue weighted by Crippen LogP contribution is 2.19. The van der Waals surface area contributed by atoms with Gasteiger partial charge in [-0.3, -0.25) is 4.79 Å². The Morgan fingerprint density at radius 1 is 1.43 bits per heavy atom. The summed E-state index contributed by atoms with van der Waals surface area (Å²) in [5.74, 6) is 4.34. The predicted octanol–water partition coefficient (Wildman–Crippen LogP) is 2.89. The summed E-state index contributed by atoms with van der Waals surface area (Å²) < 4.78 is 14.8. The lowest BCUT2D eigenvalue weighted by atomic mass is 10.1. The largest absolute Gasteiger partial charge is 0.347 e. The molecule has 6 heteroatoms. The molecule has 0 radical (unpaired) electrons. The number of thiophene rings is 1.